The number of amides is 2. The fraction of sp³-hybridized carbons (Fsp3) is 0.333. The lowest BCUT2D eigenvalue weighted by Crippen LogP contribution is -2.51. The lowest BCUT2D eigenvalue weighted by Gasteiger charge is -2.31. The Kier molecular flexibility index (Phi) is 8.64. The molecule has 3 aromatic carbocycles. The number of fused-ring (bicyclic) bond motifs is 1. The molecule has 1 N–H and O–H groups in total. The van der Waals surface area contributed by atoms with Crippen LogP contribution in [0.2, 0.25) is 0 Å². The summed E-state index contributed by atoms with van der Waals surface area (Å²) in [4.78, 5) is 27.8. The smallest absolute Gasteiger partial charge is 0.243 e. The molecule has 7 nitrogen and oxygen atoms in total. The minimum Gasteiger partial charge on any atom is -0.352 e. The van der Waals surface area contributed by atoms with E-state index in [1.54, 1.807) is 25.1 Å². The predicted octanol–water partition coefficient (Wildman–Crippen LogP) is 3.79. The molecule has 0 aliphatic heterocycles. The molecule has 3 rings (SSSR count). The summed E-state index contributed by atoms with van der Waals surface area (Å²) in [6, 6.07) is 20.9. The highest BCUT2D eigenvalue weighted by Crippen LogP contribution is 2.21. The molecular formula is C27H33N3O4S. The van der Waals surface area contributed by atoms with Gasteiger partial charge in [0.15, 0.2) is 0 Å². The number of rotatable bonds is 10. The monoisotopic (exact) mass is 495 g/mol. The van der Waals surface area contributed by atoms with Crippen LogP contribution in [0.3, 0.4) is 0 Å². The maximum atomic E-state index is 13.4. The summed E-state index contributed by atoms with van der Waals surface area (Å²) in [6.07, 6.45) is 0.762. The van der Waals surface area contributed by atoms with E-state index in [0.29, 0.717) is 0 Å². The lowest BCUT2D eigenvalue weighted by molar-refractivity contribution is -0.140. The third kappa shape index (κ3) is 6.46. The quantitative estimate of drug-likeness (QED) is 0.464. The van der Waals surface area contributed by atoms with E-state index in [1.165, 1.54) is 11.9 Å². The van der Waals surface area contributed by atoms with Crippen molar-refractivity contribution in [3.63, 3.8) is 0 Å². The molecule has 186 valence electrons. The molecule has 0 fully saturated rings. The Morgan fingerprint density at radius 1 is 0.914 bits per heavy atom. The van der Waals surface area contributed by atoms with E-state index >= 15 is 0 Å². The largest absolute Gasteiger partial charge is 0.352 e. The molecule has 3 aromatic rings. The molecule has 0 heterocycles. The van der Waals surface area contributed by atoms with Crippen molar-refractivity contribution in [1.82, 2.24) is 14.5 Å². The summed E-state index contributed by atoms with van der Waals surface area (Å²) in [6.45, 7) is 5.34. The Hall–Kier alpha value is -3.23. The van der Waals surface area contributed by atoms with Crippen molar-refractivity contribution in [2.45, 2.75) is 50.7 Å². The Labute approximate surface area is 207 Å². The molecule has 8 heteroatoms. The number of likely N-dealkylation sites (N-methyl/N-ethyl adjacent to an activating group) is 1. The Morgan fingerprint density at radius 3 is 2.20 bits per heavy atom. The number of nitrogens with one attached hydrogen (secondary N) is 1. The standard InChI is InChI=1S/C27H33N3O4S/c1-5-20(2)28-27(32)21(3)30(18-22-11-7-6-8-12-22)26(31)19-29(4)35(33,34)25-16-15-23-13-9-10-14-24(23)17-25/h6-17,20-21H,5,18-19H2,1-4H3,(H,28,32)/t20-,21-/m0/s1. The van der Waals surface area contributed by atoms with Gasteiger partial charge in [-0.05, 0) is 48.7 Å². The number of nitrogens with zero attached hydrogens (tertiary/aromatic N) is 2. The van der Waals surface area contributed by atoms with Crippen molar-refractivity contribution in [3.8, 4) is 0 Å². The van der Waals surface area contributed by atoms with Crippen molar-refractivity contribution in [2.75, 3.05) is 13.6 Å². The maximum Gasteiger partial charge on any atom is 0.243 e. The first-order chi connectivity index (χ1) is 16.6. The van der Waals surface area contributed by atoms with Crippen LogP contribution in [-0.4, -0.2) is 55.1 Å². The third-order valence-electron chi connectivity index (χ3n) is 6.15. The minimum absolute atomic E-state index is 0.0328. The summed E-state index contributed by atoms with van der Waals surface area (Å²) in [5.74, 6) is -0.726. The Bertz CT molecular complexity index is 1280. The zero-order valence-electron chi connectivity index (χ0n) is 20.6. The Morgan fingerprint density at radius 2 is 1.54 bits per heavy atom. The minimum atomic E-state index is -3.92. The molecule has 0 saturated carbocycles. The molecule has 2 atom stereocenters. The molecule has 0 unspecified atom stereocenters. The van der Waals surface area contributed by atoms with Crippen LogP contribution in [0.5, 0.6) is 0 Å². The van der Waals surface area contributed by atoms with Gasteiger partial charge < -0.3 is 10.2 Å². The highest BCUT2D eigenvalue weighted by atomic mass is 32.2. The van der Waals surface area contributed by atoms with Crippen LogP contribution < -0.4 is 5.32 Å². The molecule has 0 spiro atoms. The first kappa shape index (κ1) is 26.4. The van der Waals surface area contributed by atoms with Crippen LogP contribution in [0.1, 0.15) is 32.8 Å². The first-order valence-corrected chi connectivity index (χ1v) is 13.2. The van der Waals surface area contributed by atoms with E-state index < -0.39 is 22.0 Å². The van der Waals surface area contributed by atoms with Crippen LogP contribution in [-0.2, 0) is 26.2 Å². The van der Waals surface area contributed by atoms with E-state index in [4.69, 9.17) is 0 Å². The maximum absolute atomic E-state index is 13.4. The van der Waals surface area contributed by atoms with Gasteiger partial charge in [0.25, 0.3) is 0 Å². The second kappa shape index (κ2) is 11.5. The summed E-state index contributed by atoms with van der Waals surface area (Å²) < 4.78 is 27.6. The SMILES string of the molecule is CC[C@H](C)NC(=O)[C@H](C)N(Cc1ccccc1)C(=O)CN(C)S(=O)(=O)c1ccc2ccccc2c1. The van der Waals surface area contributed by atoms with Crippen molar-refractivity contribution in [1.29, 1.82) is 0 Å². The third-order valence-corrected chi connectivity index (χ3v) is 7.95. The molecule has 35 heavy (non-hydrogen) atoms. The number of sulfonamides is 1. The molecule has 0 radical (unpaired) electrons. The van der Waals surface area contributed by atoms with Crippen molar-refractivity contribution >= 4 is 32.6 Å². The lowest BCUT2D eigenvalue weighted by atomic mass is 10.1. The van der Waals surface area contributed by atoms with Gasteiger partial charge in [-0.1, -0.05) is 67.6 Å². The zero-order chi connectivity index (χ0) is 25.6. The highest BCUT2D eigenvalue weighted by Gasteiger charge is 2.30. The average molecular weight is 496 g/mol. The topological polar surface area (TPSA) is 86.8 Å². The molecule has 0 aromatic heterocycles. The summed E-state index contributed by atoms with van der Waals surface area (Å²) in [5.41, 5.74) is 0.851. The van der Waals surface area contributed by atoms with Gasteiger partial charge in [-0.15, -0.1) is 0 Å². The number of hydrogen-bond donors (Lipinski definition) is 1. The molecule has 0 bridgehead atoms. The first-order valence-electron chi connectivity index (χ1n) is 11.7. The number of carbonyl (C=O) groups excluding carboxylic acids is 2. The van der Waals surface area contributed by atoms with E-state index in [1.807, 2.05) is 68.4 Å². The molecule has 2 amide bonds. The molecule has 0 saturated heterocycles. The van der Waals surface area contributed by atoms with Gasteiger partial charge in [-0.3, -0.25) is 9.59 Å². The fourth-order valence-corrected chi connectivity index (χ4v) is 4.86. The number of carbonyl (C=O) groups is 2. The van der Waals surface area contributed by atoms with Crippen molar-refractivity contribution < 1.29 is 18.0 Å². The predicted molar refractivity (Wildman–Crippen MR) is 138 cm³/mol. The van der Waals surface area contributed by atoms with E-state index in [2.05, 4.69) is 5.32 Å². The van der Waals surface area contributed by atoms with Gasteiger partial charge in [0.1, 0.15) is 6.04 Å². The zero-order valence-corrected chi connectivity index (χ0v) is 21.5. The number of benzene rings is 3. The van der Waals surface area contributed by atoms with Gasteiger partial charge >= 0.3 is 0 Å². The van der Waals surface area contributed by atoms with Gasteiger partial charge in [0.05, 0.1) is 11.4 Å². The van der Waals surface area contributed by atoms with Gasteiger partial charge in [-0.2, -0.15) is 4.31 Å². The van der Waals surface area contributed by atoms with Gasteiger partial charge in [-0.25, -0.2) is 8.42 Å². The average Bonchev–Trinajstić information content (AvgIpc) is 2.86. The van der Waals surface area contributed by atoms with E-state index in [-0.39, 0.29) is 29.9 Å². The van der Waals surface area contributed by atoms with Crippen LogP contribution in [0.15, 0.2) is 77.7 Å². The van der Waals surface area contributed by atoms with Gasteiger partial charge in [0, 0.05) is 19.6 Å². The van der Waals surface area contributed by atoms with Crippen LogP contribution >= 0.6 is 0 Å². The van der Waals surface area contributed by atoms with Crippen LogP contribution in [0, 0.1) is 0 Å². The van der Waals surface area contributed by atoms with E-state index in [0.717, 1.165) is 27.1 Å². The second-order valence-electron chi connectivity index (χ2n) is 8.77. The normalized spacial score (nSPS) is 13.4. The highest BCUT2D eigenvalue weighted by molar-refractivity contribution is 7.89. The van der Waals surface area contributed by atoms with Crippen LogP contribution in [0.25, 0.3) is 10.8 Å². The summed E-state index contributed by atoms with van der Waals surface area (Å²) in [7, 11) is -2.53. The molecule has 0 aliphatic carbocycles. The fourth-order valence-electron chi connectivity index (χ4n) is 3.70. The van der Waals surface area contributed by atoms with Gasteiger partial charge in [0.2, 0.25) is 21.8 Å². The molecule has 0 aliphatic rings. The molecular weight excluding hydrogens is 462 g/mol. The Balaban J connectivity index is 1.83. The number of hydrogen-bond acceptors (Lipinski definition) is 4. The van der Waals surface area contributed by atoms with Crippen molar-refractivity contribution in [2.24, 2.45) is 0 Å². The van der Waals surface area contributed by atoms with Crippen molar-refractivity contribution in [3.05, 3.63) is 78.4 Å². The summed E-state index contributed by atoms with van der Waals surface area (Å²) in [5, 5.41) is 4.64. The summed E-state index contributed by atoms with van der Waals surface area (Å²) >= 11 is 0. The second-order valence-corrected chi connectivity index (χ2v) is 10.8. The van der Waals surface area contributed by atoms with E-state index in [9.17, 15) is 18.0 Å². The van der Waals surface area contributed by atoms with Crippen LogP contribution in [0.4, 0.5) is 0 Å².